The van der Waals surface area contributed by atoms with Crippen molar-refractivity contribution in [2.45, 2.75) is 26.3 Å². The number of likely N-dealkylation sites (tertiary alicyclic amines) is 1. The highest BCUT2D eigenvalue weighted by molar-refractivity contribution is 5.93. The smallest absolute Gasteiger partial charge is 0.274 e. The summed E-state index contributed by atoms with van der Waals surface area (Å²) in [6.45, 7) is 6.42. The minimum Gasteiger partial charge on any atom is -0.396 e. The van der Waals surface area contributed by atoms with Gasteiger partial charge in [-0.3, -0.25) is 10.0 Å². The number of hydrogen-bond donors (Lipinski definition) is 3. The van der Waals surface area contributed by atoms with Gasteiger partial charge in [0.1, 0.15) is 0 Å². The summed E-state index contributed by atoms with van der Waals surface area (Å²) < 4.78 is 2.41. The average Bonchev–Trinajstić information content (AvgIpc) is 3.35. The molecule has 1 aromatic heterocycles. The van der Waals surface area contributed by atoms with Crippen LogP contribution in [0.25, 0.3) is 10.9 Å². The Labute approximate surface area is 176 Å². The highest BCUT2D eigenvalue weighted by atomic mass is 16.5. The summed E-state index contributed by atoms with van der Waals surface area (Å²) in [7, 11) is 0. The number of hydroxylamine groups is 1. The Kier molecular flexibility index (Phi) is 6.18. The zero-order valence-corrected chi connectivity index (χ0v) is 17.3. The third-order valence-corrected chi connectivity index (χ3v) is 6.33. The number of hydrogen-bond acceptors (Lipinski definition) is 4. The lowest BCUT2D eigenvalue weighted by atomic mass is 10.0. The first-order chi connectivity index (χ1) is 14.6. The van der Waals surface area contributed by atoms with Crippen LogP contribution >= 0.6 is 0 Å². The molecule has 0 radical (unpaired) electrons. The zero-order valence-electron chi connectivity index (χ0n) is 17.3. The predicted molar refractivity (Wildman–Crippen MR) is 117 cm³/mol. The molecule has 2 aromatic carbocycles. The minimum atomic E-state index is -0.500. The SMILES string of the molecule is Cc1c(Cc2ccc(C(=O)NO)cc2)c2ccccc2n1CCN1CCC(CO)C1. The van der Waals surface area contributed by atoms with Gasteiger partial charge in [-0.2, -0.15) is 0 Å². The molecule has 0 aliphatic carbocycles. The molecule has 0 bridgehead atoms. The van der Waals surface area contributed by atoms with Gasteiger partial charge in [-0.1, -0.05) is 30.3 Å². The summed E-state index contributed by atoms with van der Waals surface area (Å²) in [5.74, 6) is -0.0846. The normalized spacial score (nSPS) is 17.0. The van der Waals surface area contributed by atoms with Crippen molar-refractivity contribution in [1.29, 1.82) is 0 Å². The highest BCUT2D eigenvalue weighted by Crippen LogP contribution is 2.28. The van der Waals surface area contributed by atoms with E-state index in [2.05, 4.69) is 40.7 Å². The second kappa shape index (κ2) is 9.00. The third kappa shape index (κ3) is 4.12. The molecule has 6 nitrogen and oxygen atoms in total. The molecule has 6 heteroatoms. The van der Waals surface area contributed by atoms with E-state index in [0.29, 0.717) is 11.5 Å². The monoisotopic (exact) mass is 407 g/mol. The first-order valence-electron chi connectivity index (χ1n) is 10.5. The highest BCUT2D eigenvalue weighted by Gasteiger charge is 2.22. The Morgan fingerprint density at radius 3 is 2.60 bits per heavy atom. The van der Waals surface area contributed by atoms with E-state index in [1.807, 2.05) is 12.1 Å². The second-order valence-corrected chi connectivity index (χ2v) is 8.19. The molecule has 1 amide bonds. The van der Waals surface area contributed by atoms with Crippen molar-refractivity contribution < 1.29 is 15.1 Å². The molecule has 158 valence electrons. The van der Waals surface area contributed by atoms with Gasteiger partial charge >= 0.3 is 0 Å². The number of aromatic nitrogens is 1. The third-order valence-electron chi connectivity index (χ3n) is 6.33. The fourth-order valence-corrected chi connectivity index (χ4v) is 4.56. The summed E-state index contributed by atoms with van der Waals surface area (Å²) in [4.78, 5) is 14.0. The Morgan fingerprint density at radius 2 is 1.90 bits per heavy atom. The largest absolute Gasteiger partial charge is 0.396 e. The fourth-order valence-electron chi connectivity index (χ4n) is 4.56. The molecule has 0 spiro atoms. The van der Waals surface area contributed by atoms with Gasteiger partial charge in [-0.15, -0.1) is 0 Å². The van der Waals surface area contributed by atoms with Gasteiger partial charge in [0, 0.05) is 48.4 Å². The molecule has 1 saturated heterocycles. The van der Waals surface area contributed by atoms with Gasteiger partial charge in [0.25, 0.3) is 5.91 Å². The molecule has 1 aliphatic heterocycles. The van der Waals surface area contributed by atoms with E-state index in [-0.39, 0.29) is 6.61 Å². The number of aliphatic hydroxyl groups excluding tert-OH is 1. The van der Waals surface area contributed by atoms with Crippen LogP contribution in [0.2, 0.25) is 0 Å². The molecule has 2 heterocycles. The Bertz CT molecular complexity index is 1030. The number of nitrogens with zero attached hydrogens (tertiary/aromatic N) is 2. The standard InChI is InChI=1S/C24H29N3O3/c1-17-22(14-18-6-8-20(9-7-18)24(29)25-30)21-4-2-3-5-23(21)27(17)13-12-26-11-10-19(15-26)16-28/h2-9,19,28,30H,10-16H2,1H3,(H,25,29). The molecule has 1 atom stereocenters. The van der Waals surface area contributed by atoms with E-state index >= 15 is 0 Å². The van der Waals surface area contributed by atoms with Crippen LogP contribution in [0.3, 0.4) is 0 Å². The number of fused-ring (bicyclic) bond motifs is 1. The van der Waals surface area contributed by atoms with Crippen molar-refractivity contribution in [3.8, 4) is 0 Å². The number of para-hydroxylation sites is 1. The minimum absolute atomic E-state index is 0.283. The van der Waals surface area contributed by atoms with Crippen molar-refractivity contribution in [3.05, 3.63) is 70.9 Å². The van der Waals surface area contributed by atoms with E-state index in [1.165, 1.54) is 22.2 Å². The molecule has 30 heavy (non-hydrogen) atoms. The number of aliphatic hydroxyl groups is 1. The summed E-state index contributed by atoms with van der Waals surface area (Å²) >= 11 is 0. The summed E-state index contributed by atoms with van der Waals surface area (Å²) in [5.41, 5.74) is 7.06. The molecule has 1 fully saturated rings. The Balaban J connectivity index is 1.56. The Morgan fingerprint density at radius 1 is 1.13 bits per heavy atom. The van der Waals surface area contributed by atoms with Crippen molar-refractivity contribution in [3.63, 3.8) is 0 Å². The zero-order chi connectivity index (χ0) is 21.1. The van der Waals surface area contributed by atoms with Crippen LogP contribution in [0.5, 0.6) is 0 Å². The average molecular weight is 408 g/mol. The molecule has 1 unspecified atom stereocenters. The predicted octanol–water partition coefficient (Wildman–Crippen LogP) is 2.97. The van der Waals surface area contributed by atoms with E-state index in [0.717, 1.165) is 44.6 Å². The van der Waals surface area contributed by atoms with Crippen molar-refractivity contribution in [2.75, 3.05) is 26.2 Å². The van der Waals surface area contributed by atoms with Crippen LogP contribution in [0.15, 0.2) is 48.5 Å². The maximum Gasteiger partial charge on any atom is 0.274 e. The maximum atomic E-state index is 11.6. The quantitative estimate of drug-likeness (QED) is 0.416. The van der Waals surface area contributed by atoms with E-state index < -0.39 is 5.91 Å². The molecule has 4 rings (SSSR count). The lowest BCUT2D eigenvalue weighted by Gasteiger charge is -2.17. The second-order valence-electron chi connectivity index (χ2n) is 8.19. The van der Waals surface area contributed by atoms with Gasteiger partial charge in [0.15, 0.2) is 0 Å². The number of amides is 1. The van der Waals surface area contributed by atoms with E-state index in [9.17, 15) is 9.90 Å². The topological polar surface area (TPSA) is 77.7 Å². The van der Waals surface area contributed by atoms with Crippen LogP contribution in [-0.2, 0) is 13.0 Å². The van der Waals surface area contributed by atoms with Gasteiger partial charge in [0.2, 0.25) is 0 Å². The van der Waals surface area contributed by atoms with Crippen LogP contribution < -0.4 is 5.48 Å². The first kappa shape index (κ1) is 20.6. The van der Waals surface area contributed by atoms with Crippen molar-refractivity contribution in [2.24, 2.45) is 5.92 Å². The molecule has 0 saturated carbocycles. The van der Waals surface area contributed by atoms with Crippen LogP contribution in [0, 0.1) is 12.8 Å². The van der Waals surface area contributed by atoms with Gasteiger partial charge in [-0.05, 0) is 61.6 Å². The number of benzene rings is 2. The molecular formula is C24H29N3O3. The summed E-state index contributed by atoms with van der Waals surface area (Å²) in [6.07, 6.45) is 1.87. The number of rotatable bonds is 7. The van der Waals surface area contributed by atoms with E-state index in [1.54, 1.807) is 17.6 Å². The molecule has 1 aliphatic rings. The Hall–Kier alpha value is -2.67. The van der Waals surface area contributed by atoms with Gasteiger partial charge in [-0.25, -0.2) is 5.48 Å². The number of nitrogens with one attached hydrogen (secondary N) is 1. The van der Waals surface area contributed by atoms with Gasteiger partial charge < -0.3 is 14.6 Å². The fraction of sp³-hybridized carbons (Fsp3) is 0.375. The van der Waals surface area contributed by atoms with Crippen LogP contribution in [0.4, 0.5) is 0 Å². The number of carbonyl (C=O) groups excluding carboxylic acids is 1. The lowest BCUT2D eigenvalue weighted by molar-refractivity contribution is 0.0706. The summed E-state index contributed by atoms with van der Waals surface area (Å²) in [5, 5.41) is 19.4. The van der Waals surface area contributed by atoms with Crippen molar-refractivity contribution in [1.82, 2.24) is 14.9 Å². The van der Waals surface area contributed by atoms with E-state index in [4.69, 9.17) is 5.21 Å². The first-order valence-corrected chi connectivity index (χ1v) is 10.5. The summed E-state index contributed by atoms with van der Waals surface area (Å²) in [6, 6.07) is 15.9. The number of carbonyl (C=O) groups is 1. The maximum absolute atomic E-state index is 11.6. The molecule has 3 N–H and O–H groups in total. The molecular weight excluding hydrogens is 378 g/mol. The van der Waals surface area contributed by atoms with Gasteiger partial charge in [0.05, 0.1) is 0 Å². The van der Waals surface area contributed by atoms with Crippen LogP contribution in [0.1, 0.15) is 33.6 Å². The lowest BCUT2D eigenvalue weighted by Crippen LogP contribution is -2.26. The van der Waals surface area contributed by atoms with Crippen molar-refractivity contribution >= 4 is 16.8 Å². The molecule has 3 aromatic rings. The van der Waals surface area contributed by atoms with Crippen LogP contribution in [-0.4, -0.2) is 51.9 Å².